The Morgan fingerprint density at radius 1 is 1.17 bits per heavy atom. The van der Waals surface area contributed by atoms with Crippen molar-refractivity contribution in [2.75, 3.05) is 11.9 Å². The highest BCUT2D eigenvalue weighted by Gasteiger charge is 2.30. The molecule has 156 valence electrons. The molecule has 0 unspecified atom stereocenters. The van der Waals surface area contributed by atoms with Gasteiger partial charge in [-0.3, -0.25) is 9.89 Å². The van der Waals surface area contributed by atoms with E-state index in [-0.39, 0.29) is 23.9 Å². The van der Waals surface area contributed by atoms with Gasteiger partial charge >= 0.3 is 6.09 Å². The number of fused-ring (bicyclic) bond motifs is 2. The number of hydrogen-bond acceptors (Lipinski definition) is 5. The van der Waals surface area contributed by atoms with Crippen LogP contribution in [0.4, 0.5) is 10.5 Å². The molecule has 1 aliphatic heterocycles. The lowest BCUT2D eigenvalue weighted by Crippen LogP contribution is -2.40. The Bertz CT molecular complexity index is 1130. The zero-order chi connectivity index (χ0) is 21.5. The second-order valence-corrected chi connectivity index (χ2v) is 8.31. The standard InChI is InChI=1S/C22H24N4O4/c1-22(2,3)30-21(29)26-11-10-17-15(12-26)19(25-24-17)20(28)23-16-8-4-7-14-13(16)6-5-9-18(14)27/h4-9,27H,10-12H2,1-3H3,(H,23,28)(H,24,25). The Kier molecular flexibility index (Phi) is 4.85. The number of ether oxygens (including phenoxy) is 1. The molecule has 1 aliphatic rings. The summed E-state index contributed by atoms with van der Waals surface area (Å²) < 4.78 is 5.46. The molecular formula is C22H24N4O4. The normalized spacial score (nSPS) is 13.8. The molecule has 2 aromatic carbocycles. The summed E-state index contributed by atoms with van der Waals surface area (Å²) in [7, 11) is 0. The maximum atomic E-state index is 13.0. The van der Waals surface area contributed by atoms with Crippen molar-refractivity contribution in [3.8, 4) is 5.75 Å². The summed E-state index contributed by atoms with van der Waals surface area (Å²) in [5.41, 5.74) is 1.76. The van der Waals surface area contributed by atoms with Crippen molar-refractivity contribution in [3.05, 3.63) is 53.3 Å². The number of aromatic amines is 1. The van der Waals surface area contributed by atoms with Gasteiger partial charge in [0, 0.05) is 40.7 Å². The first-order chi connectivity index (χ1) is 14.2. The Labute approximate surface area is 173 Å². The summed E-state index contributed by atoms with van der Waals surface area (Å²) in [6, 6.07) is 10.5. The third-order valence-corrected chi connectivity index (χ3v) is 4.95. The van der Waals surface area contributed by atoms with Gasteiger partial charge in [0.15, 0.2) is 5.69 Å². The molecule has 4 rings (SSSR count). The number of H-pyrrole nitrogens is 1. The Balaban J connectivity index is 1.57. The topological polar surface area (TPSA) is 108 Å². The minimum absolute atomic E-state index is 0.147. The number of amides is 2. The van der Waals surface area contributed by atoms with Crippen molar-refractivity contribution >= 4 is 28.5 Å². The van der Waals surface area contributed by atoms with E-state index in [9.17, 15) is 14.7 Å². The van der Waals surface area contributed by atoms with Gasteiger partial charge in [0.2, 0.25) is 0 Å². The van der Waals surface area contributed by atoms with E-state index in [0.717, 1.165) is 11.1 Å². The molecule has 2 heterocycles. The van der Waals surface area contributed by atoms with Crippen LogP contribution in [-0.2, 0) is 17.7 Å². The van der Waals surface area contributed by atoms with Gasteiger partial charge in [-0.05, 0) is 32.9 Å². The quantitative estimate of drug-likeness (QED) is 0.598. The highest BCUT2D eigenvalue weighted by molar-refractivity contribution is 6.09. The van der Waals surface area contributed by atoms with Crippen LogP contribution in [-0.4, -0.2) is 44.4 Å². The van der Waals surface area contributed by atoms with Crippen LogP contribution in [0.5, 0.6) is 5.75 Å². The summed E-state index contributed by atoms with van der Waals surface area (Å²) >= 11 is 0. The summed E-state index contributed by atoms with van der Waals surface area (Å²) in [5, 5.41) is 21.4. The molecule has 0 saturated carbocycles. The third kappa shape index (κ3) is 3.80. The van der Waals surface area contributed by atoms with Crippen LogP contribution in [0.3, 0.4) is 0 Å². The zero-order valence-corrected chi connectivity index (χ0v) is 17.2. The summed E-state index contributed by atoms with van der Waals surface area (Å²) in [6.07, 6.45) is 0.155. The van der Waals surface area contributed by atoms with Gasteiger partial charge in [-0.15, -0.1) is 0 Å². The van der Waals surface area contributed by atoms with Crippen molar-refractivity contribution < 1.29 is 19.4 Å². The fourth-order valence-electron chi connectivity index (χ4n) is 3.55. The van der Waals surface area contributed by atoms with Crippen molar-refractivity contribution in [2.45, 2.75) is 39.3 Å². The molecule has 1 aromatic heterocycles. The van der Waals surface area contributed by atoms with E-state index in [4.69, 9.17) is 4.74 Å². The van der Waals surface area contributed by atoms with E-state index in [0.29, 0.717) is 29.6 Å². The summed E-state index contributed by atoms with van der Waals surface area (Å²) in [4.78, 5) is 27.0. The molecule has 0 bridgehead atoms. The molecule has 0 radical (unpaired) electrons. The predicted octanol–water partition coefficient (Wildman–Crippen LogP) is 3.81. The number of carbonyl (C=O) groups excluding carboxylic acids is 2. The number of aromatic nitrogens is 2. The van der Waals surface area contributed by atoms with Crippen molar-refractivity contribution in [3.63, 3.8) is 0 Å². The molecule has 0 spiro atoms. The van der Waals surface area contributed by atoms with Gasteiger partial charge in [-0.2, -0.15) is 5.10 Å². The van der Waals surface area contributed by atoms with E-state index in [1.807, 2.05) is 26.8 Å². The lowest BCUT2D eigenvalue weighted by Gasteiger charge is -2.30. The van der Waals surface area contributed by atoms with Crippen LogP contribution >= 0.6 is 0 Å². The fourth-order valence-corrected chi connectivity index (χ4v) is 3.55. The first-order valence-corrected chi connectivity index (χ1v) is 9.79. The summed E-state index contributed by atoms with van der Waals surface area (Å²) in [5.74, 6) is -0.233. The molecule has 0 saturated heterocycles. The van der Waals surface area contributed by atoms with Gasteiger partial charge in [0.05, 0.1) is 6.54 Å². The highest BCUT2D eigenvalue weighted by Crippen LogP contribution is 2.30. The van der Waals surface area contributed by atoms with E-state index >= 15 is 0 Å². The number of rotatable bonds is 2. The number of nitrogens with zero attached hydrogens (tertiary/aromatic N) is 2. The smallest absolute Gasteiger partial charge is 0.410 e. The molecule has 30 heavy (non-hydrogen) atoms. The molecule has 3 aromatic rings. The number of anilines is 1. The maximum Gasteiger partial charge on any atom is 0.410 e. The number of hydrogen-bond donors (Lipinski definition) is 3. The molecule has 8 heteroatoms. The van der Waals surface area contributed by atoms with E-state index < -0.39 is 11.7 Å². The lowest BCUT2D eigenvalue weighted by atomic mass is 10.0. The van der Waals surface area contributed by atoms with Crippen molar-refractivity contribution in [2.24, 2.45) is 0 Å². The molecular weight excluding hydrogens is 384 g/mol. The SMILES string of the molecule is CC(C)(C)OC(=O)N1CCc2[nH]nc(C(=O)Nc3cccc4c(O)cccc34)c2C1. The van der Waals surface area contributed by atoms with Crippen molar-refractivity contribution in [1.29, 1.82) is 0 Å². The Hall–Kier alpha value is -3.55. The fraction of sp³-hybridized carbons (Fsp3) is 0.318. The Morgan fingerprint density at radius 3 is 2.67 bits per heavy atom. The van der Waals surface area contributed by atoms with E-state index in [2.05, 4.69) is 15.5 Å². The second-order valence-electron chi connectivity index (χ2n) is 8.31. The number of phenols is 1. The van der Waals surface area contributed by atoms with Gasteiger partial charge in [0.25, 0.3) is 5.91 Å². The monoisotopic (exact) mass is 408 g/mol. The van der Waals surface area contributed by atoms with Crippen LogP contribution in [0.15, 0.2) is 36.4 Å². The maximum absolute atomic E-state index is 13.0. The zero-order valence-electron chi connectivity index (χ0n) is 17.2. The predicted molar refractivity (Wildman–Crippen MR) is 113 cm³/mol. The van der Waals surface area contributed by atoms with Gasteiger partial charge in [-0.1, -0.05) is 24.3 Å². The van der Waals surface area contributed by atoms with Crippen LogP contribution < -0.4 is 5.32 Å². The van der Waals surface area contributed by atoms with Crippen molar-refractivity contribution in [1.82, 2.24) is 15.1 Å². The minimum Gasteiger partial charge on any atom is -0.507 e. The number of carbonyl (C=O) groups is 2. The van der Waals surface area contributed by atoms with E-state index in [1.165, 1.54) is 0 Å². The average molecular weight is 408 g/mol. The number of nitrogens with one attached hydrogen (secondary N) is 2. The second kappa shape index (κ2) is 7.37. The number of phenolic OH excluding ortho intramolecular Hbond substituents is 1. The minimum atomic E-state index is -0.589. The largest absolute Gasteiger partial charge is 0.507 e. The van der Waals surface area contributed by atoms with Crippen LogP contribution in [0.25, 0.3) is 10.8 Å². The molecule has 2 amide bonds. The first kappa shape index (κ1) is 19.8. The third-order valence-electron chi connectivity index (χ3n) is 4.95. The summed E-state index contributed by atoms with van der Waals surface area (Å²) in [6.45, 7) is 6.20. The molecule has 8 nitrogen and oxygen atoms in total. The van der Waals surface area contributed by atoms with Crippen LogP contribution in [0.2, 0.25) is 0 Å². The van der Waals surface area contributed by atoms with Gasteiger partial charge in [0.1, 0.15) is 11.4 Å². The van der Waals surface area contributed by atoms with E-state index in [1.54, 1.807) is 35.2 Å². The first-order valence-electron chi connectivity index (χ1n) is 9.79. The highest BCUT2D eigenvalue weighted by atomic mass is 16.6. The molecule has 0 atom stereocenters. The number of aromatic hydroxyl groups is 1. The lowest BCUT2D eigenvalue weighted by molar-refractivity contribution is 0.0222. The molecule has 3 N–H and O–H groups in total. The molecule has 0 fully saturated rings. The Morgan fingerprint density at radius 2 is 1.90 bits per heavy atom. The van der Waals surface area contributed by atoms with Gasteiger partial charge < -0.3 is 20.1 Å². The van der Waals surface area contributed by atoms with Crippen LogP contribution in [0, 0.1) is 0 Å². The van der Waals surface area contributed by atoms with Gasteiger partial charge in [-0.25, -0.2) is 4.79 Å². The average Bonchev–Trinajstić information content (AvgIpc) is 3.11. The molecule has 0 aliphatic carbocycles. The number of benzene rings is 2. The van der Waals surface area contributed by atoms with Crippen LogP contribution in [0.1, 0.15) is 42.5 Å².